The second-order valence-electron chi connectivity index (χ2n) is 2.51. The van der Waals surface area contributed by atoms with Gasteiger partial charge in [0.2, 0.25) is 0 Å². The van der Waals surface area contributed by atoms with Gasteiger partial charge in [-0.1, -0.05) is 24.8 Å². The van der Waals surface area contributed by atoms with E-state index in [0.29, 0.717) is 0 Å². The molecule has 0 heterocycles. The molecule has 0 aromatic heterocycles. The van der Waals surface area contributed by atoms with Crippen LogP contribution >= 0.6 is 0 Å². The zero-order valence-corrected chi connectivity index (χ0v) is 8.61. The summed E-state index contributed by atoms with van der Waals surface area (Å²) < 4.78 is 0. The van der Waals surface area contributed by atoms with Crippen LogP contribution in [0.25, 0.3) is 0 Å². The van der Waals surface area contributed by atoms with Crippen molar-refractivity contribution < 1.29 is 24.6 Å². The third kappa shape index (κ3) is 7.25. The van der Waals surface area contributed by atoms with Crippen LogP contribution in [-0.2, 0) is 9.63 Å². The maximum Gasteiger partial charge on any atom is 0.334 e. The standard InChI is InChI=1S/C7H5NO4.C3H4O2/c9-7(12-8(10)11)6-4-2-1-3-5-6;1-2-3(4)5/h1-5H;2H,1H2,(H,4,5). The highest BCUT2D eigenvalue weighted by Crippen LogP contribution is 2.00. The Morgan fingerprint density at radius 3 is 2.18 bits per heavy atom. The van der Waals surface area contributed by atoms with Crippen molar-refractivity contribution in [1.82, 2.24) is 0 Å². The van der Waals surface area contributed by atoms with E-state index in [1.807, 2.05) is 0 Å². The summed E-state index contributed by atoms with van der Waals surface area (Å²) in [4.78, 5) is 33.5. The second-order valence-corrected chi connectivity index (χ2v) is 2.51. The van der Waals surface area contributed by atoms with Gasteiger partial charge in [-0.05, 0) is 12.1 Å². The molecule has 0 aliphatic carbocycles. The molecule has 7 heteroatoms. The summed E-state index contributed by atoms with van der Waals surface area (Å²) in [6, 6.07) is 7.76. The fourth-order valence-electron chi connectivity index (χ4n) is 0.695. The van der Waals surface area contributed by atoms with Crippen LogP contribution in [0.2, 0.25) is 0 Å². The molecule has 0 fully saturated rings. The van der Waals surface area contributed by atoms with Gasteiger partial charge in [0, 0.05) is 11.6 Å². The van der Waals surface area contributed by atoms with Gasteiger partial charge in [-0.15, -0.1) is 10.1 Å². The van der Waals surface area contributed by atoms with E-state index in [1.165, 1.54) is 12.1 Å². The number of hydrogen-bond acceptors (Lipinski definition) is 5. The van der Waals surface area contributed by atoms with Crippen LogP contribution in [0, 0.1) is 10.1 Å². The number of carbonyl (C=O) groups is 2. The van der Waals surface area contributed by atoms with Crippen LogP contribution in [-0.4, -0.2) is 22.1 Å². The average Bonchev–Trinajstić information content (AvgIpc) is 2.30. The normalized spacial score (nSPS) is 8.24. The van der Waals surface area contributed by atoms with Gasteiger partial charge in [-0.3, -0.25) is 4.79 Å². The number of benzene rings is 1. The van der Waals surface area contributed by atoms with Crippen molar-refractivity contribution in [1.29, 1.82) is 0 Å². The van der Waals surface area contributed by atoms with Gasteiger partial charge in [0.15, 0.2) is 0 Å². The molecule has 7 nitrogen and oxygen atoms in total. The van der Waals surface area contributed by atoms with Crippen LogP contribution < -0.4 is 0 Å². The fourth-order valence-corrected chi connectivity index (χ4v) is 0.695. The molecule has 0 aliphatic heterocycles. The highest BCUT2D eigenvalue weighted by molar-refractivity contribution is 5.88. The van der Waals surface area contributed by atoms with Gasteiger partial charge >= 0.3 is 17.0 Å². The minimum atomic E-state index is -1.13. The third-order valence-corrected chi connectivity index (χ3v) is 1.34. The van der Waals surface area contributed by atoms with Crippen molar-refractivity contribution in [3.8, 4) is 0 Å². The predicted octanol–water partition coefficient (Wildman–Crippen LogP) is 1.29. The van der Waals surface area contributed by atoms with Crippen LogP contribution in [0.15, 0.2) is 43.0 Å². The summed E-state index contributed by atoms with van der Waals surface area (Å²) in [6.45, 7) is 2.96. The number of hydrogen-bond donors (Lipinski definition) is 1. The molecule has 0 amide bonds. The van der Waals surface area contributed by atoms with Crippen molar-refractivity contribution in [3.63, 3.8) is 0 Å². The molecule has 0 unspecified atom stereocenters. The van der Waals surface area contributed by atoms with Gasteiger partial charge in [-0.2, -0.15) is 0 Å². The number of carboxylic acids is 1. The molecular formula is C10H9NO6. The van der Waals surface area contributed by atoms with Crippen molar-refractivity contribution in [3.05, 3.63) is 58.7 Å². The monoisotopic (exact) mass is 239 g/mol. The Hall–Kier alpha value is -2.70. The molecule has 0 bridgehead atoms. The van der Waals surface area contributed by atoms with Crippen LogP contribution in [0.3, 0.4) is 0 Å². The molecule has 1 aromatic carbocycles. The number of rotatable bonds is 3. The predicted molar refractivity (Wildman–Crippen MR) is 56.7 cm³/mol. The number of carboxylic acid groups (broad SMARTS) is 1. The molecule has 1 rings (SSSR count). The molecule has 0 atom stereocenters. The van der Waals surface area contributed by atoms with E-state index in [9.17, 15) is 19.7 Å². The van der Waals surface area contributed by atoms with E-state index in [4.69, 9.17) is 5.11 Å². The zero-order valence-electron chi connectivity index (χ0n) is 8.61. The van der Waals surface area contributed by atoms with Crippen molar-refractivity contribution >= 4 is 11.9 Å². The molecule has 0 radical (unpaired) electrons. The van der Waals surface area contributed by atoms with E-state index < -0.39 is 17.0 Å². The number of carbonyl (C=O) groups excluding carboxylic acids is 1. The van der Waals surface area contributed by atoms with Gasteiger partial charge < -0.3 is 5.11 Å². The Balaban J connectivity index is 0.000000437. The van der Waals surface area contributed by atoms with Crippen molar-refractivity contribution in [2.24, 2.45) is 0 Å². The van der Waals surface area contributed by atoms with Crippen LogP contribution in [0.1, 0.15) is 10.4 Å². The fraction of sp³-hybridized carbons (Fsp3) is 0. The molecule has 0 aliphatic rings. The minimum absolute atomic E-state index is 0.161. The first-order valence-electron chi connectivity index (χ1n) is 4.24. The van der Waals surface area contributed by atoms with Crippen LogP contribution in [0.5, 0.6) is 0 Å². The summed E-state index contributed by atoms with van der Waals surface area (Å²) in [7, 11) is 0. The second kappa shape index (κ2) is 7.57. The molecule has 0 saturated heterocycles. The largest absolute Gasteiger partial charge is 0.478 e. The molecule has 17 heavy (non-hydrogen) atoms. The lowest BCUT2D eigenvalue weighted by molar-refractivity contribution is -0.727. The summed E-state index contributed by atoms with van der Waals surface area (Å²) in [5.41, 5.74) is 0.161. The Labute approximate surface area is 96.0 Å². The maximum atomic E-state index is 10.8. The van der Waals surface area contributed by atoms with Gasteiger partial charge in [0.25, 0.3) is 0 Å². The average molecular weight is 239 g/mol. The topological polar surface area (TPSA) is 107 Å². The quantitative estimate of drug-likeness (QED) is 0.483. The van der Waals surface area contributed by atoms with Crippen LogP contribution in [0.4, 0.5) is 0 Å². The summed E-state index contributed by atoms with van der Waals surface area (Å²) in [5.74, 6) is -1.94. The first kappa shape index (κ1) is 14.3. The molecule has 0 spiro atoms. The lowest BCUT2D eigenvalue weighted by Crippen LogP contribution is -2.09. The lowest BCUT2D eigenvalue weighted by Gasteiger charge is -1.95. The first-order chi connectivity index (χ1) is 7.97. The third-order valence-electron chi connectivity index (χ3n) is 1.34. The Morgan fingerprint density at radius 1 is 1.35 bits per heavy atom. The molecule has 1 N–H and O–H groups in total. The van der Waals surface area contributed by atoms with Crippen molar-refractivity contribution in [2.75, 3.05) is 0 Å². The lowest BCUT2D eigenvalue weighted by atomic mass is 10.2. The number of nitrogens with zero attached hydrogens (tertiary/aromatic N) is 1. The molecular weight excluding hydrogens is 230 g/mol. The van der Waals surface area contributed by atoms with Gasteiger partial charge in [0.05, 0.1) is 0 Å². The Kier molecular flexibility index (Phi) is 6.37. The highest BCUT2D eigenvalue weighted by atomic mass is 17.0. The summed E-state index contributed by atoms with van der Waals surface area (Å²) in [5, 5.41) is 16.2. The summed E-state index contributed by atoms with van der Waals surface area (Å²) >= 11 is 0. The summed E-state index contributed by atoms with van der Waals surface area (Å²) in [6.07, 6.45) is 0.833. The molecule has 90 valence electrons. The number of aliphatic carboxylic acids is 1. The SMILES string of the molecule is C=CC(=O)O.O=C(O[N+](=O)[O-])c1ccccc1. The maximum absolute atomic E-state index is 10.8. The Bertz CT molecular complexity index is 414. The van der Waals surface area contributed by atoms with Gasteiger partial charge in [-0.25, -0.2) is 9.63 Å². The first-order valence-corrected chi connectivity index (χ1v) is 4.24. The van der Waals surface area contributed by atoms with E-state index in [0.717, 1.165) is 6.08 Å². The molecule has 0 saturated carbocycles. The molecule has 1 aromatic rings. The van der Waals surface area contributed by atoms with Gasteiger partial charge in [0.1, 0.15) is 0 Å². The van der Waals surface area contributed by atoms with E-state index >= 15 is 0 Å². The van der Waals surface area contributed by atoms with E-state index in [1.54, 1.807) is 18.2 Å². The minimum Gasteiger partial charge on any atom is -0.478 e. The van der Waals surface area contributed by atoms with E-state index in [2.05, 4.69) is 11.4 Å². The zero-order chi connectivity index (χ0) is 13.3. The van der Waals surface area contributed by atoms with E-state index in [-0.39, 0.29) is 5.56 Å². The van der Waals surface area contributed by atoms with Crippen molar-refractivity contribution in [2.45, 2.75) is 0 Å². The Morgan fingerprint density at radius 2 is 1.82 bits per heavy atom. The smallest absolute Gasteiger partial charge is 0.334 e. The highest BCUT2D eigenvalue weighted by Gasteiger charge is 2.08.